The third-order valence-electron chi connectivity index (χ3n) is 7.58. The van der Waals surface area contributed by atoms with Gasteiger partial charge in [-0.05, 0) is 50.6 Å². The molecule has 0 saturated heterocycles. The van der Waals surface area contributed by atoms with E-state index in [4.69, 9.17) is 5.11 Å². The number of carboxylic acid groups (broad SMARTS) is 1. The molecule has 0 aromatic carbocycles. The van der Waals surface area contributed by atoms with Crippen LogP contribution in [0.15, 0.2) is 0 Å². The average Bonchev–Trinajstić information content (AvgIpc) is 3.55. The number of nitrogens with zero attached hydrogens (tertiary/aromatic N) is 1. The molecule has 33 heavy (non-hydrogen) atoms. The molecule has 1 aliphatic carbocycles. The molecule has 0 spiro atoms. The minimum Gasteiger partial charge on any atom is -0.481 e. The molecule has 0 aliphatic heterocycles. The van der Waals surface area contributed by atoms with E-state index < -0.39 is 5.97 Å². The summed E-state index contributed by atoms with van der Waals surface area (Å²) in [6.45, 7) is 5.52. The maximum atomic E-state index is 10.5. The van der Waals surface area contributed by atoms with E-state index in [2.05, 4.69) is 11.8 Å². The first-order chi connectivity index (χ1) is 16.2. The van der Waals surface area contributed by atoms with Crippen molar-refractivity contribution in [3.8, 4) is 0 Å². The molecule has 1 saturated carbocycles. The Morgan fingerprint density at radius 3 is 1.61 bits per heavy atom. The van der Waals surface area contributed by atoms with Gasteiger partial charge < -0.3 is 15.1 Å². The normalized spacial score (nSPS) is 17.7. The van der Waals surface area contributed by atoms with Crippen LogP contribution in [-0.4, -0.2) is 47.3 Å². The number of rotatable bonds is 26. The molecule has 1 aliphatic rings. The van der Waals surface area contributed by atoms with Gasteiger partial charge in [0.15, 0.2) is 0 Å². The standard InChI is InChI=1S/C29H57NO3/c1-2-3-4-5-9-14-19-27-26-28(27)20-15-10-6-7-12-17-22-30(24-25-31)23-18-13-8-11-16-21-29(32)33/h27-28,31H,2-26H2,1H3,(H,32,33). The summed E-state index contributed by atoms with van der Waals surface area (Å²) < 4.78 is 0. The Morgan fingerprint density at radius 2 is 1.12 bits per heavy atom. The number of hydrogen-bond acceptors (Lipinski definition) is 3. The average molecular weight is 468 g/mol. The number of hydrogen-bond donors (Lipinski definition) is 2. The van der Waals surface area contributed by atoms with Crippen molar-refractivity contribution in [3.05, 3.63) is 0 Å². The molecule has 0 amide bonds. The molecule has 0 heterocycles. The zero-order valence-electron chi connectivity index (χ0n) is 22.1. The topological polar surface area (TPSA) is 60.8 Å². The van der Waals surface area contributed by atoms with Gasteiger partial charge in [-0.2, -0.15) is 0 Å². The molecule has 0 bridgehead atoms. The van der Waals surface area contributed by atoms with Gasteiger partial charge in [-0.1, -0.05) is 110 Å². The van der Waals surface area contributed by atoms with E-state index in [1.807, 2.05) is 0 Å². The maximum absolute atomic E-state index is 10.5. The summed E-state index contributed by atoms with van der Waals surface area (Å²) in [5.74, 6) is 1.47. The zero-order valence-corrected chi connectivity index (χ0v) is 22.1. The van der Waals surface area contributed by atoms with Gasteiger partial charge >= 0.3 is 5.97 Å². The molecule has 4 heteroatoms. The van der Waals surface area contributed by atoms with E-state index >= 15 is 0 Å². The molecular formula is C29H57NO3. The van der Waals surface area contributed by atoms with E-state index in [0.717, 1.165) is 57.2 Å². The Hall–Kier alpha value is -0.610. The Kier molecular flexibility index (Phi) is 20.2. The van der Waals surface area contributed by atoms with E-state index in [-0.39, 0.29) is 6.61 Å². The largest absolute Gasteiger partial charge is 0.481 e. The summed E-state index contributed by atoms with van der Waals surface area (Å²) >= 11 is 0. The van der Waals surface area contributed by atoms with Crippen molar-refractivity contribution in [3.63, 3.8) is 0 Å². The van der Waals surface area contributed by atoms with E-state index in [1.54, 1.807) is 0 Å². The van der Waals surface area contributed by atoms with Gasteiger partial charge in [0, 0.05) is 13.0 Å². The second-order valence-corrected chi connectivity index (χ2v) is 10.7. The summed E-state index contributed by atoms with van der Waals surface area (Å²) in [5, 5.41) is 18.0. The fourth-order valence-corrected chi connectivity index (χ4v) is 5.27. The fourth-order valence-electron chi connectivity index (χ4n) is 5.27. The second-order valence-electron chi connectivity index (χ2n) is 10.7. The molecule has 2 N–H and O–H groups in total. The summed E-state index contributed by atoms with van der Waals surface area (Å²) in [7, 11) is 0. The lowest BCUT2D eigenvalue weighted by Crippen LogP contribution is -2.29. The van der Waals surface area contributed by atoms with Gasteiger partial charge in [0.25, 0.3) is 0 Å². The van der Waals surface area contributed by atoms with Crippen LogP contribution < -0.4 is 0 Å². The van der Waals surface area contributed by atoms with Gasteiger partial charge in [0.1, 0.15) is 0 Å². The molecule has 0 aromatic heterocycles. The van der Waals surface area contributed by atoms with Crippen molar-refractivity contribution in [1.82, 2.24) is 4.90 Å². The molecule has 196 valence electrons. The first-order valence-electron chi connectivity index (χ1n) is 14.7. The van der Waals surface area contributed by atoms with Crippen molar-refractivity contribution >= 4 is 5.97 Å². The number of aliphatic hydroxyl groups is 1. The molecule has 2 unspecified atom stereocenters. The van der Waals surface area contributed by atoms with Gasteiger partial charge in [-0.15, -0.1) is 0 Å². The van der Waals surface area contributed by atoms with Gasteiger partial charge in [-0.25, -0.2) is 0 Å². The number of carbonyl (C=O) groups is 1. The molecule has 4 nitrogen and oxygen atoms in total. The zero-order chi connectivity index (χ0) is 24.0. The summed E-state index contributed by atoms with van der Waals surface area (Å²) in [6.07, 6.45) is 26.9. The number of aliphatic hydroxyl groups excluding tert-OH is 1. The summed E-state index contributed by atoms with van der Waals surface area (Å²) in [5.41, 5.74) is 0. The van der Waals surface area contributed by atoms with E-state index in [9.17, 15) is 9.90 Å². The molecule has 0 aromatic rings. The Morgan fingerprint density at radius 1 is 0.667 bits per heavy atom. The second kappa shape index (κ2) is 21.9. The lowest BCUT2D eigenvalue weighted by atomic mass is 10.0. The predicted molar refractivity (Wildman–Crippen MR) is 141 cm³/mol. The number of carboxylic acids is 1. The Balaban J connectivity index is 1.86. The Labute approximate surface area is 205 Å². The van der Waals surface area contributed by atoms with Crippen molar-refractivity contribution in [2.75, 3.05) is 26.2 Å². The molecule has 1 rings (SSSR count). The fraction of sp³-hybridized carbons (Fsp3) is 0.966. The maximum Gasteiger partial charge on any atom is 0.303 e. The van der Waals surface area contributed by atoms with Crippen LogP contribution in [0.25, 0.3) is 0 Å². The minimum atomic E-state index is -0.681. The van der Waals surface area contributed by atoms with Crippen LogP contribution in [0.4, 0.5) is 0 Å². The van der Waals surface area contributed by atoms with Crippen LogP contribution in [0.1, 0.15) is 142 Å². The highest BCUT2D eigenvalue weighted by molar-refractivity contribution is 5.66. The lowest BCUT2D eigenvalue weighted by molar-refractivity contribution is -0.137. The third-order valence-corrected chi connectivity index (χ3v) is 7.58. The predicted octanol–water partition coefficient (Wildman–Crippen LogP) is 7.82. The van der Waals surface area contributed by atoms with Crippen molar-refractivity contribution in [2.24, 2.45) is 11.8 Å². The summed E-state index contributed by atoms with van der Waals surface area (Å²) in [4.78, 5) is 12.9. The van der Waals surface area contributed by atoms with Crippen molar-refractivity contribution in [2.45, 2.75) is 142 Å². The molecule has 0 radical (unpaired) electrons. The highest BCUT2D eigenvalue weighted by Gasteiger charge is 2.34. The first kappa shape index (κ1) is 30.4. The van der Waals surface area contributed by atoms with Crippen LogP contribution >= 0.6 is 0 Å². The van der Waals surface area contributed by atoms with Crippen LogP contribution in [0.5, 0.6) is 0 Å². The highest BCUT2D eigenvalue weighted by Crippen LogP contribution is 2.45. The third kappa shape index (κ3) is 19.4. The van der Waals surface area contributed by atoms with Crippen molar-refractivity contribution in [1.29, 1.82) is 0 Å². The smallest absolute Gasteiger partial charge is 0.303 e. The van der Waals surface area contributed by atoms with Crippen LogP contribution in [0.3, 0.4) is 0 Å². The quantitative estimate of drug-likeness (QED) is 0.127. The minimum absolute atomic E-state index is 0.250. The highest BCUT2D eigenvalue weighted by atomic mass is 16.4. The summed E-state index contributed by atoms with van der Waals surface area (Å²) in [6, 6.07) is 0. The van der Waals surface area contributed by atoms with E-state index in [0.29, 0.717) is 6.42 Å². The molecule has 1 fully saturated rings. The van der Waals surface area contributed by atoms with Gasteiger partial charge in [0.05, 0.1) is 6.61 Å². The van der Waals surface area contributed by atoms with E-state index in [1.165, 1.54) is 103 Å². The van der Waals surface area contributed by atoms with Gasteiger partial charge in [0.2, 0.25) is 0 Å². The number of aliphatic carboxylic acids is 1. The monoisotopic (exact) mass is 467 g/mol. The SMILES string of the molecule is CCCCCCCCC1CC1CCCCCCCCN(CCO)CCCCCCCC(=O)O. The first-order valence-corrected chi connectivity index (χ1v) is 14.7. The lowest BCUT2D eigenvalue weighted by Gasteiger charge is -2.21. The van der Waals surface area contributed by atoms with Crippen LogP contribution in [0, 0.1) is 11.8 Å². The van der Waals surface area contributed by atoms with Crippen LogP contribution in [0.2, 0.25) is 0 Å². The Bertz CT molecular complexity index is 443. The van der Waals surface area contributed by atoms with Crippen molar-refractivity contribution < 1.29 is 15.0 Å². The van der Waals surface area contributed by atoms with Crippen LogP contribution in [-0.2, 0) is 4.79 Å². The number of unbranched alkanes of at least 4 members (excludes halogenated alkanes) is 14. The van der Waals surface area contributed by atoms with Gasteiger partial charge in [-0.3, -0.25) is 4.79 Å². The molecular weight excluding hydrogens is 410 g/mol. The molecule has 2 atom stereocenters.